The molecule has 0 N–H and O–H groups in total. The molecule has 1 aromatic heterocycles. The van der Waals surface area contributed by atoms with Crippen molar-refractivity contribution in [3.05, 3.63) is 72.3 Å². The maximum Gasteiger partial charge on any atom is 0.225 e. The first-order valence-corrected chi connectivity index (χ1v) is 12.7. The van der Waals surface area contributed by atoms with E-state index in [1.807, 2.05) is 34.1 Å². The fraction of sp³-hybridized carbons (Fsp3) is 0.393. The minimum Gasteiger partial charge on any atom is -0.439 e. The van der Waals surface area contributed by atoms with Crippen LogP contribution in [0.2, 0.25) is 0 Å². The Labute approximate surface area is 211 Å². The van der Waals surface area contributed by atoms with Crippen LogP contribution in [0.25, 0.3) is 0 Å². The number of anilines is 2. The molecule has 2 aromatic carbocycles. The van der Waals surface area contributed by atoms with Crippen LogP contribution in [-0.4, -0.2) is 60.0 Å². The Hall–Kier alpha value is -3.68. The molecule has 0 atom stereocenters. The van der Waals surface area contributed by atoms with Gasteiger partial charge in [-0.25, -0.2) is 14.4 Å². The van der Waals surface area contributed by atoms with E-state index in [-0.39, 0.29) is 17.6 Å². The van der Waals surface area contributed by atoms with Gasteiger partial charge in [0.1, 0.15) is 23.7 Å². The number of carbonyl (C=O) groups excluding carboxylic acids is 1. The van der Waals surface area contributed by atoms with E-state index < -0.39 is 0 Å². The number of halogens is 1. The second-order valence-electron chi connectivity index (χ2n) is 9.34. The van der Waals surface area contributed by atoms with E-state index in [9.17, 15) is 9.18 Å². The third-order valence-electron chi connectivity index (χ3n) is 7.13. The Kier molecular flexibility index (Phi) is 7.30. The quantitative estimate of drug-likeness (QED) is 0.507. The fourth-order valence-corrected chi connectivity index (χ4v) is 4.96. The van der Waals surface area contributed by atoms with Gasteiger partial charge in [0.2, 0.25) is 11.8 Å². The monoisotopic (exact) mass is 489 g/mol. The molecule has 36 heavy (non-hydrogen) atoms. The lowest BCUT2D eigenvalue weighted by molar-refractivity contribution is -0.136. The van der Waals surface area contributed by atoms with Crippen molar-refractivity contribution in [1.82, 2.24) is 14.9 Å². The van der Waals surface area contributed by atoms with Gasteiger partial charge in [-0.1, -0.05) is 31.2 Å². The number of nitrogens with zero attached hydrogens (tertiary/aromatic N) is 5. The fourth-order valence-electron chi connectivity index (χ4n) is 4.96. The standard InChI is InChI=1S/C28H32FN5O2/c1-2-21-7-9-23(10-8-21)36-27-19-26(30-20-31-27)33-13-11-22(12-14-33)28(35)34-17-15-32(16-18-34)25-6-4-3-5-24(25)29/h3-10,19-20,22H,2,11-18H2,1H3. The smallest absolute Gasteiger partial charge is 0.225 e. The molecule has 2 saturated heterocycles. The van der Waals surface area contributed by atoms with E-state index in [1.165, 1.54) is 18.0 Å². The van der Waals surface area contributed by atoms with Crippen LogP contribution in [0.3, 0.4) is 0 Å². The molecule has 8 heteroatoms. The van der Waals surface area contributed by atoms with Crippen molar-refractivity contribution in [2.45, 2.75) is 26.2 Å². The Morgan fingerprint density at radius 2 is 1.67 bits per heavy atom. The molecule has 2 aliphatic heterocycles. The van der Waals surface area contributed by atoms with Crippen LogP contribution < -0.4 is 14.5 Å². The maximum atomic E-state index is 14.1. The zero-order valence-electron chi connectivity index (χ0n) is 20.6. The van der Waals surface area contributed by atoms with Crippen molar-refractivity contribution in [3.8, 4) is 11.6 Å². The van der Waals surface area contributed by atoms with E-state index in [2.05, 4.69) is 33.9 Å². The summed E-state index contributed by atoms with van der Waals surface area (Å²) >= 11 is 0. The number of rotatable bonds is 6. The Balaban J connectivity index is 1.13. The molecule has 188 valence electrons. The average molecular weight is 490 g/mol. The lowest BCUT2D eigenvalue weighted by atomic mass is 9.95. The largest absolute Gasteiger partial charge is 0.439 e. The van der Waals surface area contributed by atoms with Gasteiger partial charge < -0.3 is 19.4 Å². The molecular formula is C28H32FN5O2. The predicted molar refractivity (Wildman–Crippen MR) is 138 cm³/mol. The molecule has 0 radical (unpaired) electrons. The van der Waals surface area contributed by atoms with Gasteiger partial charge in [0.15, 0.2) is 0 Å². The molecule has 0 saturated carbocycles. The molecule has 3 aromatic rings. The van der Waals surface area contributed by atoms with E-state index in [4.69, 9.17) is 4.74 Å². The zero-order valence-corrected chi connectivity index (χ0v) is 20.6. The second-order valence-corrected chi connectivity index (χ2v) is 9.34. The van der Waals surface area contributed by atoms with Gasteiger partial charge in [-0.2, -0.15) is 0 Å². The SMILES string of the molecule is CCc1ccc(Oc2cc(N3CCC(C(=O)N4CCN(c5ccccc5F)CC4)CC3)ncn2)cc1. The second kappa shape index (κ2) is 10.9. The number of aromatic nitrogens is 2. The number of para-hydroxylation sites is 1. The van der Waals surface area contributed by atoms with Crippen LogP contribution in [-0.2, 0) is 11.2 Å². The molecule has 2 fully saturated rings. The lowest BCUT2D eigenvalue weighted by Crippen LogP contribution is -2.52. The van der Waals surface area contributed by atoms with Gasteiger partial charge in [0.25, 0.3) is 0 Å². The maximum absolute atomic E-state index is 14.1. The summed E-state index contributed by atoms with van der Waals surface area (Å²) in [5, 5.41) is 0. The van der Waals surface area contributed by atoms with E-state index in [1.54, 1.807) is 12.1 Å². The summed E-state index contributed by atoms with van der Waals surface area (Å²) in [5.74, 6) is 2.08. The molecule has 5 rings (SSSR count). The summed E-state index contributed by atoms with van der Waals surface area (Å²) in [6.07, 6.45) is 4.08. The molecule has 7 nitrogen and oxygen atoms in total. The van der Waals surface area contributed by atoms with Crippen molar-refractivity contribution in [1.29, 1.82) is 0 Å². The van der Waals surface area contributed by atoms with E-state index in [0.29, 0.717) is 37.7 Å². The molecule has 2 aliphatic rings. The summed E-state index contributed by atoms with van der Waals surface area (Å²) < 4.78 is 20.0. The third kappa shape index (κ3) is 5.42. The first-order valence-electron chi connectivity index (χ1n) is 12.7. The van der Waals surface area contributed by atoms with Crippen LogP contribution in [0.4, 0.5) is 15.9 Å². The molecule has 0 unspecified atom stereocenters. The summed E-state index contributed by atoms with van der Waals surface area (Å²) in [7, 11) is 0. The number of carbonyl (C=O) groups is 1. The van der Waals surface area contributed by atoms with E-state index in [0.717, 1.165) is 43.9 Å². The number of piperidine rings is 1. The normalized spacial score (nSPS) is 16.8. The molecule has 0 aliphatic carbocycles. The van der Waals surface area contributed by atoms with Crippen LogP contribution in [0, 0.1) is 11.7 Å². The molecule has 3 heterocycles. The van der Waals surface area contributed by atoms with Crippen molar-refractivity contribution in [2.75, 3.05) is 49.1 Å². The molecule has 0 bridgehead atoms. The minimum atomic E-state index is -0.211. The highest BCUT2D eigenvalue weighted by molar-refractivity contribution is 5.79. The van der Waals surface area contributed by atoms with Gasteiger partial charge >= 0.3 is 0 Å². The number of hydrogen-bond donors (Lipinski definition) is 0. The Bertz CT molecular complexity index is 1170. The minimum absolute atomic E-state index is 0.0101. The Morgan fingerprint density at radius 1 is 0.944 bits per heavy atom. The zero-order chi connectivity index (χ0) is 24.9. The van der Waals surface area contributed by atoms with Gasteiger partial charge in [-0.3, -0.25) is 4.79 Å². The third-order valence-corrected chi connectivity index (χ3v) is 7.13. The van der Waals surface area contributed by atoms with E-state index >= 15 is 0 Å². The first-order chi connectivity index (χ1) is 17.6. The van der Waals surface area contributed by atoms with Crippen molar-refractivity contribution in [3.63, 3.8) is 0 Å². The first kappa shape index (κ1) is 24.0. The number of benzene rings is 2. The topological polar surface area (TPSA) is 61.8 Å². The Morgan fingerprint density at radius 3 is 2.36 bits per heavy atom. The van der Waals surface area contributed by atoms with Crippen molar-refractivity contribution >= 4 is 17.4 Å². The number of hydrogen-bond acceptors (Lipinski definition) is 6. The summed E-state index contributed by atoms with van der Waals surface area (Å²) in [4.78, 5) is 28.0. The van der Waals surface area contributed by atoms with Crippen LogP contribution in [0.1, 0.15) is 25.3 Å². The van der Waals surface area contributed by atoms with Gasteiger partial charge in [-0.15, -0.1) is 0 Å². The number of amides is 1. The summed E-state index contributed by atoms with van der Waals surface area (Å²) in [5.41, 5.74) is 1.87. The molecular weight excluding hydrogens is 457 g/mol. The highest BCUT2D eigenvalue weighted by atomic mass is 19.1. The number of ether oxygens (including phenoxy) is 1. The van der Waals surface area contributed by atoms with Gasteiger partial charge in [-0.05, 0) is 49.1 Å². The van der Waals surface area contributed by atoms with Gasteiger partial charge in [0.05, 0.1) is 5.69 Å². The number of piperazine rings is 1. The van der Waals surface area contributed by atoms with Crippen LogP contribution >= 0.6 is 0 Å². The molecule has 1 amide bonds. The van der Waals surface area contributed by atoms with Crippen molar-refractivity contribution < 1.29 is 13.9 Å². The van der Waals surface area contributed by atoms with Crippen LogP contribution in [0.15, 0.2) is 60.9 Å². The highest BCUT2D eigenvalue weighted by Crippen LogP contribution is 2.28. The van der Waals surface area contributed by atoms with Crippen LogP contribution in [0.5, 0.6) is 11.6 Å². The average Bonchev–Trinajstić information content (AvgIpc) is 2.94. The number of aryl methyl sites for hydroxylation is 1. The summed E-state index contributed by atoms with van der Waals surface area (Å²) in [6, 6.07) is 16.7. The highest BCUT2D eigenvalue weighted by Gasteiger charge is 2.31. The van der Waals surface area contributed by atoms with Crippen molar-refractivity contribution in [2.24, 2.45) is 5.92 Å². The summed E-state index contributed by atoms with van der Waals surface area (Å²) in [6.45, 7) is 6.18. The molecule has 0 spiro atoms. The predicted octanol–water partition coefficient (Wildman–Crippen LogP) is 4.54. The van der Waals surface area contributed by atoms with Gasteiger partial charge in [0, 0.05) is 51.3 Å². The lowest BCUT2D eigenvalue weighted by Gasteiger charge is -2.39.